The number of alkyl halides is 5. The summed E-state index contributed by atoms with van der Waals surface area (Å²) in [4.78, 5) is 12.7. The third-order valence-corrected chi connectivity index (χ3v) is 10.7. The summed E-state index contributed by atoms with van der Waals surface area (Å²) in [6, 6.07) is 0. The van der Waals surface area contributed by atoms with Crippen LogP contribution in [0.25, 0.3) is 0 Å². The second-order valence-corrected chi connectivity index (χ2v) is 11.6. The van der Waals surface area contributed by atoms with Crippen LogP contribution in [-0.4, -0.2) is 63.9 Å². The van der Waals surface area contributed by atoms with E-state index in [2.05, 4.69) is 4.74 Å². The highest BCUT2D eigenvalue weighted by atomic mass is 28.4. The summed E-state index contributed by atoms with van der Waals surface area (Å²) in [6.45, 7) is 7.47. The first-order valence-corrected chi connectivity index (χ1v) is 13.0. The molecule has 0 spiro atoms. The van der Waals surface area contributed by atoms with Crippen LogP contribution < -0.4 is 0 Å². The van der Waals surface area contributed by atoms with Crippen LogP contribution in [0.5, 0.6) is 0 Å². The Morgan fingerprint density at radius 2 is 1.58 bits per heavy atom. The Morgan fingerprint density at radius 1 is 1.03 bits per heavy atom. The number of carbonyl (C=O) groups excluding carboxylic acids is 1. The molecule has 0 radical (unpaired) electrons. The van der Waals surface area contributed by atoms with E-state index in [0.29, 0.717) is 39.1 Å². The van der Waals surface area contributed by atoms with Crippen molar-refractivity contribution >= 4 is 14.8 Å². The van der Waals surface area contributed by atoms with Crippen LogP contribution in [0.15, 0.2) is 0 Å². The predicted molar refractivity (Wildman–Crippen MR) is 105 cm³/mol. The molecule has 3 aliphatic rings. The maximum atomic E-state index is 14.2. The molecule has 3 fully saturated rings. The molecule has 1 N–H and O–H groups in total. The largest absolute Gasteiger partial charge is 0.504 e. The molecule has 1 aliphatic heterocycles. The lowest BCUT2D eigenvalue weighted by Gasteiger charge is -2.38. The molecular formula is C20H31F5O7Si. The van der Waals surface area contributed by atoms with Crippen molar-refractivity contribution in [3.05, 3.63) is 0 Å². The number of hydrogen-bond acceptors (Lipinski definition) is 7. The van der Waals surface area contributed by atoms with Crippen LogP contribution >= 0.6 is 0 Å². The fourth-order valence-corrected chi connectivity index (χ4v) is 9.00. The lowest BCUT2D eigenvalue weighted by Crippen LogP contribution is -2.57. The molecule has 0 aromatic heterocycles. The average molecular weight is 507 g/mol. The molecule has 0 amide bonds. The van der Waals surface area contributed by atoms with Gasteiger partial charge in [0, 0.05) is 25.4 Å². The standard InChI is InChI=1S/C20H31F5O7Si/c1-5-28-33(29-6-2,30-7-3)15-10-12-8-13(15)9-14(12)16(26)31-17-11(4)18(21,22)19(27,32-17)20(23,24)25/h11-15,17,27H,5-10H2,1-4H3. The third-order valence-electron chi connectivity index (χ3n) is 6.99. The Kier molecular flexibility index (Phi) is 7.54. The number of esters is 1. The van der Waals surface area contributed by atoms with Crippen LogP contribution in [0.3, 0.4) is 0 Å². The third kappa shape index (κ3) is 4.33. The van der Waals surface area contributed by atoms with Gasteiger partial charge in [-0.05, 0) is 51.9 Å². The number of carbonyl (C=O) groups is 1. The molecule has 7 nitrogen and oxygen atoms in total. The van der Waals surface area contributed by atoms with Gasteiger partial charge in [0.2, 0.25) is 6.29 Å². The molecule has 2 bridgehead atoms. The van der Waals surface area contributed by atoms with E-state index in [4.69, 9.17) is 18.0 Å². The van der Waals surface area contributed by atoms with Gasteiger partial charge in [0.1, 0.15) is 0 Å². The Hall–Kier alpha value is -0.863. The molecule has 0 aromatic carbocycles. The molecule has 0 aromatic rings. The molecular weight excluding hydrogens is 475 g/mol. The van der Waals surface area contributed by atoms with Crippen LogP contribution in [0.4, 0.5) is 22.0 Å². The topological polar surface area (TPSA) is 83.5 Å². The van der Waals surface area contributed by atoms with Crippen molar-refractivity contribution in [1.29, 1.82) is 0 Å². The van der Waals surface area contributed by atoms with Crippen LogP contribution in [0.1, 0.15) is 47.0 Å². The Bertz CT molecular complexity index is 706. The molecule has 7 unspecified atom stereocenters. The smallest absolute Gasteiger partial charge is 0.435 e. The zero-order valence-corrected chi connectivity index (χ0v) is 20.0. The van der Waals surface area contributed by atoms with Gasteiger partial charge in [-0.1, -0.05) is 6.92 Å². The van der Waals surface area contributed by atoms with E-state index in [0.717, 1.165) is 6.92 Å². The highest BCUT2D eigenvalue weighted by Gasteiger charge is 2.79. The van der Waals surface area contributed by atoms with E-state index in [9.17, 15) is 31.9 Å². The van der Waals surface area contributed by atoms with Crippen molar-refractivity contribution in [3.63, 3.8) is 0 Å². The Balaban J connectivity index is 1.69. The van der Waals surface area contributed by atoms with Gasteiger partial charge in [0.05, 0.1) is 11.8 Å². The van der Waals surface area contributed by atoms with Gasteiger partial charge in [0.15, 0.2) is 0 Å². The van der Waals surface area contributed by atoms with E-state index in [1.807, 2.05) is 20.8 Å². The van der Waals surface area contributed by atoms with Crippen molar-refractivity contribution < 1.29 is 54.6 Å². The molecule has 2 saturated carbocycles. The number of rotatable bonds is 9. The number of fused-ring (bicyclic) bond motifs is 2. The fourth-order valence-electron chi connectivity index (χ4n) is 5.46. The van der Waals surface area contributed by atoms with Crippen LogP contribution in [0.2, 0.25) is 5.54 Å². The Labute approximate surface area is 190 Å². The number of halogens is 5. The van der Waals surface area contributed by atoms with Gasteiger partial charge in [0.25, 0.3) is 0 Å². The first-order valence-electron chi connectivity index (χ1n) is 11.2. The zero-order chi connectivity index (χ0) is 24.8. The molecule has 33 heavy (non-hydrogen) atoms. The number of hydrogen-bond donors (Lipinski definition) is 1. The van der Waals surface area contributed by atoms with Crippen LogP contribution in [-0.2, 0) is 27.5 Å². The molecule has 192 valence electrons. The summed E-state index contributed by atoms with van der Waals surface area (Å²) >= 11 is 0. The van der Waals surface area contributed by atoms with Gasteiger partial charge < -0.3 is 23.1 Å². The monoisotopic (exact) mass is 506 g/mol. The maximum Gasteiger partial charge on any atom is 0.504 e. The first kappa shape index (κ1) is 26.7. The first-order chi connectivity index (χ1) is 15.3. The van der Waals surface area contributed by atoms with Crippen LogP contribution in [0, 0.1) is 23.7 Å². The minimum absolute atomic E-state index is 0.0133. The summed E-state index contributed by atoms with van der Waals surface area (Å²) in [7, 11) is -3.02. The van der Waals surface area contributed by atoms with E-state index < -0.39 is 50.8 Å². The summed E-state index contributed by atoms with van der Waals surface area (Å²) in [5, 5.41) is 9.53. The van der Waals surface area contributed by atoms with Gasteiger partial charge in [-0.3, -0.25) is 9.53 Å². The summed E-state index contributed by atoms with van der Waals surface area (Å²) in [6.07, 6.45) is -6.44. The SMILES string of the molecule is CCO[Si](OCC)(OCC)C1CC2CC1CC2C(=O)OC1OC(O)(C(F)(F)F)C(F)(F)C1C. The second kappa shape index (κ2) is 9.30. The van der Waals surface area contributed by atoms with Crippen molar-refractivity contribution in [2.45, 2.75) is 76.7 Å². The van der Waals surface area contributed by atoms with Gasteiger partial charge in [-0.25, -0.2) is 0 Å². The number of ether oxygens (including phenoxy) is 2. The number of aliphatic hydroxyl groups is 1. The van der Waals surface area contributed by atoms with E-state index in [1.165, 1.54) is 0 Å². The Morgan fingerprint density at radius 3 is 1.97 bits per heavy atom. The summed E-state index contributed by atoms with van der Waals surface area (Å²) in [5.41, 5.74) is -0.0345. The zero-order valence-electron chi connectivity index (χ0n) is 19.0. The molecule has 1 heterocycles. The lowest BCUT2D eigenvalue weighted by atomic mass is 9.88. The summed E-state index contributed by atoms with van der Waals surface area (Å²) in [5.74, 6) is -13.3. The quantitative estimate of drug-likeness (QED) is 0.289. The van der Waals surface area contributed by atoms with Crippen molar-refractivity contribution in [2.24, 2.45) is 23.7 Å². The molecule has 1 saturated heterocycles. The van der Waals surface area contributed by atoms with Gasteiger partial charge in [-0.15, -0.1) is 0 Å². The van der Waals surface area contributed by atoms with E-state index in [-0.39, 0.29) is 17.4 Å². The van der Waals surface area contributed by atoms with E-state index in [1.54, 1.807) is 0 Å². The molecule has 13 heteroatoms. The molecule has 7 atom stereocenters. The van der Waals surface area contributed by atoms with Crippen molar-refractivity contribution in [2.75, 3.05) is 19.8 Å². The predicted octanol–water partition coefficient (Wildman–Crippen LogP) is 3.87. The summed E-state index contributed by atoms with van der Waals surface area (Å²) < 4.78 is 94.7. The molecule has 2 aliphatic carbocycles. The molecule has 3 rings (SSSR count). The highest BCUT2D eigenvalue weighted by Crippen LogP contribution is 2.59. The second-order valence-electron chi connectivity index (χ2n) is 8.82. The van der Waals surface area contributed by atoms with Crippen molar-refractivity contribution in [1.82, 2.24) is 0 Å². The van der Waals surface area contributed by atoms with Gasteiger partial charge >= 0.3 is 32.7 Å². The maximum absolute atomic E-state index is 14.2. The van der Waals surface area contributed by atoms with Gasteiger partial charge in [-0.2, -0.15) is 22.0 Å². The lowest BCUT2D eigenvalue weighted by molar-refractivity contribution is -0.415. The average Bonchev–Trinajstić information content (AvgIpc) is 3.37. The minimum atomic E-state index is -5.77. The minimum Gasteiger partial charge on any atom is -0.435 e. The van der Waals surface area contributed by atoms with E-state index >= 15 is 0 Å². The fraction of sp³-hybridized carbons (Fsp3) is 0.950. The van der Waals surface area contributed by atoms with Crippen molar-refractivity contribution in [3.8, 4) is 0 Å². The highest BCUT2D eigenvalue weighted by molar-refractivity contribution is 6.62. The normalized spacial score (nSPS) is 38.1.